The normalized spacial score (nSPS) is 14.7. The van der Waals surface area contributed by atoms with Gasteiger partial charge in [-0.2, -0.15) is 0 Å². The van der Waals surface area contributed by atoms with Crippen LogP contribution in [0.1, 0.15) is 103 Å². The smallest absolute Gasteiger partial charge is 0.319 e. The molecule has 0 bridgehead atoms. The van der Waals surface area contributed by atoms with E-state index in [-0.39, 0.29) is 13.0 Å². The second-order valence-electron chi connectivity index (χ2n) is 7.70. The number of hydrogen-bond donors (Lipinski definition) is 2. The Labute approximate surface area is 182 Å². The molecule has 0 saturated carbocycles. The second kappa shape index (κ2) is 21.5. The largest absolute Gasteiger partial charge is 0.463 e. The van der Waals surface area contributed by atoms with Crippen molar-refractivity contribution in [3.8, 4) is 0 Å². The third-order valence-corrected chi connectivity index (χ3v) is 5.22. The molecular weight excluding hydrogens is 410 g/mol. The fourth-order valence-electron chi connectivity index (χ4n) is 3.04. The van der Waals surface area contributed by atoms with E-state index in [1.807, 2.05) is 0 Å². The lowest BCUT2D eigenvalue weighted by Crippen LogP contribution is -2.22. The van der Waals surface area contributed by atoms with Crippen LogP contribution >= 0.6 is 8.25 Å². The lowest BCUT2D eigenvalue weighted by atomic mass is 10.1. The minimum absolute atomic E-state index is 0.269. The van der Waals surface area contributed by atoms with E-state index in [1.165, 1.54) is 44.9 Å². The Morgan fingerprint density at radius 2 is 1.50 bits per heavy atom. The molecule has 0 rings (SSSR count). The average molecular weight is 453 g/mol. The van der Waals surface area contributed by atoms with Crippen molar-refractivity contribution in [2.75, 3.05) is 6.61 Å². The van der Waals surface area contributed by atoms with Crippen molar-refractivity contribution in [1.82, 2.24) is 0 Å². The molecule has 6 nitrogen and oxygen atoms in total. The van der Waals surface area contributed by atoms with Crippen molar-refractivity contribution >= 4 is 14.2 Å². The van der Waals surface area contributed by atoms with Crippen LogP contribution in [0.25, 0.3) is 0 Å². The van der Waals surface area contributed by atoms with E-state index >= 15 is 0 Å². The molecule has 0 aromatic carbocycles. The Balaban J connectivity index is 3.42. The van der Waals surface area contributed by atoms with E-state index < -0.39 is 33.1 Å². The number of ether oxygens (including phenoxy) is 1. The number of esters is 1. The van der Waals surface area contributed by atoms with Crippen LogP contribution in [0.2, 0.25) is 0 Å². The van der Waals surface area contributed by atoms with Crippen LogP contribution in [0.4, 0.5) is 4.39 Å². The van der Waals surface area contributed by atoms with E-state index in [1.54, 1.807) is 0 Å². The molecule has 0 amide bonds. The fraction of sp³-hybridized carbons (Fsp3) is 0.864. The van der Waals surface area contributed by atoms with Gasteiger partial charge in [0.25, 0.3) is 0 Å². The topological polar surface area (TPSA) is 93.1 Å². The fourth-order valence-corrected chi connectivity index (χ4v) is 3.36. The first-order valence-electron chi connectivity index (χ1n) is 11.5. The standard InChI is InChI=1S/C22H42FO6P/c1-2-3-4-5-6-7-8-9-10-11-12-13-14-15-16-17-22(25)28-19-20(24)18-21(23)29-30(26)27/h9-10,20-21,24,30H,2-8,11-19H2,1H3,(H,26,27)/b10-9-/t20-,21?/m1/s1. The quantitative estimate of drug-likeness (QED) is 0.0958. The highest BCUT2D eigenvalue weighted by Gasteiger charge is 2.17. The van der Waals surface area contributed by atoms with E-state index in [9.17, 15) is 18.9 Å². The first-order valence-corrected chi connectivity index (χ1v) is 12.7. The Kier molecular flexibility index (Phi) is 20.9. The predicted molar refractivity (Wildman–Crippen MR) is 118 cm³/mol. The van der Waals surface area contributed by atoms with Gasteiger partial charge in [0, 0.05) is 12.8 Å². The van der Waals surface area contributed by atoms with Gasteiger partial charge in [-0.05, 0) is 32.1 Å². The van der Waals surface area contributed by atoms with Gasteiger partial charge in [-0.3, -0.25) is 13.9 Å². The number of rotatable bonds is 21. The van der Waals surface area contributed by atoms with Gasteiger partial charge >= 0.3 is 14.2 Å². The number of alkyl halides is 1. The highest BCUT2D eigenvalue weighted by atomic mass is 31.1. The summed E-state index contributed by atoms with van der Waals surface area (Å²) in [5, 5.41) is 9.51. The van der Waals surface area contributed by atoms with Crippen molar-refractivity contribution in [1.29, 1.82) is 0 Å². The van der Waals surface area contributed by atoms with E-state index in [4.69, 9.17) is 9.63 Å². The van der Waals surface area contributed by atoms with Gasteiger partial charge in [-0.25, -0.2) is 4.39 Å². The van der Waals surface area contributed by atoms with Gasteiger partial charge in [0.1, 0.15) is 6.61 Å². The van der Waals surface area contributed by atoms with Crippen molar-refractivity contribution in [2.24, 2.45) is 0 Å². The summed E-state index contributed by atoms with van der Waals surface area (Å²) in [5.74, 6) is -0.432. The van der Waals surface area contributed by atoms with Crippen LogP contribution < -0.4 is 0 Å². The van der Waals surface area contributed by atoms with Crippen molar-refractivity contribution in [3.05, 3.63) is 12.2 Å². The monoisotopic (exact) mass is 452 g/mol. The Bertz CT molecular complexity index is 461. The number of halogens is 1. The van der Waals surface area contributed by atoms with Crippen LogP contribution in [0, 0.1) is 0 Å². The number of carbonyl (C=O) groups is 1. The molecule has 2 unspecified atom stereocenters. The molecular formula is C22H42FO6P. The van der Waals surface area contributed by atoms with Gasteiger partial charge in [0.05, 0.1) is 6.10 Å². The zero-order chi connectivity index (χ0) is 22.5. The molecule has 0 fully saturated rings. The van der Waals surface area contributed by atoms with Gasteiger partial charge in [-0.15, -0.1) is 0 Å². The van der Waals surface area contributed by atoms with E-state index in [2.05, 4.69) is 23.6 Å². The predicted octanol–water partition coefficient (Wildman–Crippen LogP) is 6.01. The van der Waals surface area contributed by atoms with E-state index in [0.29, 0.717) is 0 Å². The van der Waals surface area contributed by atoms with Crippen LogP contribution in [0.15, 0.2) is 12.2 Å². The minimum Gasteiger partial charge on any atom is -0.463 e. The molecule has 0 aliphatic carbocycles. The number of allylic oxidation sites excluding steroid dienone is 2. The van der Waals surface area contributed by atoms with Crippen LogP contribution in [0.5, 0.6) is 0 Å². The zero-order valence-corrected chi connectivity index (χ0v) is 19.5. The Morgan fingerprint density at radius 3 is 2.07 bits per heavy atom. The van der Waals surface area contributed by atoms with Crippen molar-refractivity contribution in [3.63, 3.8) is 0 Å². The molecule has 0 aliphatic heterocycles. The van der Waals surface area contributed by atoms with Crippen LogP contribution in [-0.2, 0) is 18.6 Å². The molecule has 30 heavy (non-hydrogen) atoms. The van der Waals surface area contributed by atoms with Crippen LogP contribution in [-0.4, -0.2) is 35.0 Å². The summed E-state index contributed by atoms with van der Waals surface area (Å²) in [4.78, 5) is 20.0. The molecule has 0 aliphatic rings. The Morgan fingerprint density at radius 1 is 0.967 bits per heavy atom. The average Bonchev–Trinajstić information content (AvgIpc) is 2.68. The molecule has 0 aromatic rings. The molecule has 2 N–H and O–H groups in total. The zero-order valence-electron chi connectivity index (χ0n) is 18.5. The van der Waals surface area contributed by atoms with E-state index in [0.717, 1.165) is 38.5 Å². The molecule has 8 heteroatoms. The number of hydrogen-bond acceptors (Lipinski definition) is 5. The molecule has 0 spiro atoms. The molecule has 0 aromatic heterocycles. The lowest BCUT2D eigenvalue weighted by Gasteiger charge is -2.13. The van der Waals surface area contributed by atoms with Crippen molar-refractivity contribution < 1.29 is 33.0 Å². The highest BCUT2D eigenvalue weighted by Crippen LogP contribution is 2.21. The first-order chi connectivity index (χ1) is 14.5. The van der Waals surface area contributed by atoms with Gasteiger partial charge in [-0.1, -0.05) is 70.4 Å². The SMILES string of the molecule is CCCCCCCC/C=C\CCCCCCCC(=O)OC[C@H](O)CC(F)O[PH](=O)O. The molecule has 178 valence electrons. The summed E-state index contributed by atoms with van der Waals surface area (Å²) in [6, 6.07) is 0. The molecule has 3 atom stereocenters. The molecule has 0 radical (unpaired) electrons. The number of aliphatic hydroxyl groups is 1. The third-order valence-electron chi connectivity index (χ3n) is 4.77. The lowest BCUT2D eigenvalue weighted by molar-refractivity contribution is -0.147. The summed E-state index contributed by atoms with van der Waals surface area (Å²) >= 11 is 0. The maximum absolute atomic E-state index is 13.1. The first kappa shape index (κ1) is 29.2. The van der Waals surface area contributed by atoms with Gasteiger partial charge < -0.3 is 14.7 Å². The van der Waals surface area contributed by atoms with Crippen molar-refractivity contribution in [2.45, 2.75) is 116 Å². The summed E-state index contributed by atoms with van der Waals surface area (Å²) in [7, 11) is -3.39. The summed E-state index contributed by atoms with van der Waals surface area (Å²) < 4.78 is 32.3. The molecule has 0 saturated heterocycles. The Hall–Kier alpha value is -0.750. The maximum atomic E-state index is 13.1. The number of aliphatic hydroxyl groups excluding tert-OH is 1. The van der Waals surface area contributed by atoms with Gasteiger partial charge in [0.15, 0.2) is 0 Å². The van der Waals surface area contributed by atoms with Gasteiger partial charge in [0.2, 0.25) is 6.36 Å². The maximum Gasteiger partial charge on any atom is 0.319 e. The van der Waals surface area contributed by atoms with Crippen LogP contribution in [0.3, 0.4) is 0 Å². The molecule has 0 heterocycles. The minimum atomic E-state index is -3.39. The summed E-state index contributed by atoms with van der Waals surface area (Å²) in [6.07, 6.45) is 16.4. The third kappa shape index (κ3) is 21.9. The second-order valence-corrected chi connectivity index (χ2v) is 8.47. The number of carbonyl (C=O) groups excluding carboxylic acids is 1. The summed E-state index contributed by atoms with van der Waals surface area (Å²) in [5.41, 5.74) is 0. The summed E-state index contributed by atoms with van der Waals surface area (Å²) in [6.45, 7) is 1.89. The highest BCUT2D eigenvalue weighted by molar-refractivity contribution is 7.32. The number of unbranched alkanes of at least 4 members (excludes halogenated alkanes) is 11.